The molecule has 17 nitrogen and oxygen atoms in total. The molecular weight excluding hydrogens is 918 g/mol. The van der Waals surface area contributed by atoms with Gasteiger partial charge in [-0.05, 0) is 108 Å². The van der Waals surface area contributed by atoms with Crippen LogP contribution in [0.1, 0.15) is 36.3 Å². The van der Waals surface area contributed by atoms with E-state index >= 15 is 0 Å². The number of aryl methyl sites for hydroxylation is 1. The molecule has 1 aliphatic heterocycles. The average Bonchev–Trinajstić information content (AvgIpc) is 4.14. The third-order valence-corrected chi connectivity index (χ3v) is 14.8. The van der Waals surface area contributed by atoms with E-state index in [0.29, 0.717) is 101 Å². The van der Waals surface area contributed by atoms with Crippen molar-refractivity contribution >= 4 is 79.8 Å². The van der Waals surface area contributed by atoms with Gasteiger partial charge in [-0.25, -0.2) is 19.9 Å². The van der Waals surface area contributed by atoms with Crippen molar-refractivity contribution in [1.82, 2.24) is 44.9 Å². The number of aromatic nitrogens is 7. The molecule has 7 aromatic rings. The number of ether oxygens (including phenoxy) is 2. The molecule has 0 radical (unpaired) electrons. The van der Waals surface area contributed by atoms with Crippen LogP contribution in [0.25, 0.3) is 44.1 Å². The fourth-order valence-electron chi connectivity index (χ4n) is 10.2. The first-order valence-corrected chi connectivity index (χ1v) is 24.1. The van der Waals surface area contributed by atoms with Crippen LogP contribution in [0.5, 0.6) is 0 Å². The number of rotatable bonds is 17. The van der Waals surface area contributed by atoms with E-state index in [0.717, 1.165) is 70.9 Å². The number of hydrogen-bond donors (Lipinski definition) is 5. The number of nitrogens with two attached hydrogens (primary N) is 2. The largest absolute Gasteiger partial charge is 0.383 e. The maximum absolute atomic E-state index is 13.3. The molecular formula is C50H51Cl2N13O4. The van der Waals surface area contributed by atoms with Gasteiger partial charge in [-0.2, -0.15) is 5.10 Å². The van der Waals surface area contributed by atoms with Gasteiger partial charge < -0.3 is 31.6 Å². The highest BCUT2D eigenvalue weighted by Crippen LogP contribution is 2.59. The van der Waals surface area contributed by atoms with Gasteiger partial charge >= 0.3 is 0 Å². The number of hydrogen-bond acceptors (Lipinski definition) is 14. The standard InChI is InChI=1S/C50H51Cl2N13O4/c1-26-5-6-55-19-36(26)41-11-27-13-44(58-20-37(27)47(53)60-41)63-50(67)45-33-15-30(16-34(33)45)64-23-31(24-64)69-25-56-7-9-68-10-8-65-22-29(18-59-65)32-17-35(32)49(66)62-43-14-28-12-42(61-48(54)38(28)21-57-43)46-39(51)3-2-4-40(46)52/h2-6,11-14,18-22,30-35,45,56H,7-10,15-17,23-25H2,1H3,(H2,53,60)(H2,54,61)(H,57,62,66)(H,58,63,67)/t30?,32-,33-,34+,35+,45?/m1/s1. The summed E-state index contributed by atoms with van der Waals surface area (Å²) in [5.74, 6) is 2.36. The summed E-state index contributed by atoms with van der Waals surface area (Å²) >= 11 is 12.9. The molecule has 0 bridgehead atoms. The molecule has 0 spiro atoms. The van der Waals surface area contributed by atoms with Crippen LogP contribution in [-0.2, 0) is 25.6 Å². The van der Waals surface area contributed by atoms with E-state index in [1.165, 1.54) is 0 Å². The van der Waals surface area contributed by atoms with E-state index in [2.05, 4.69) is 50.9 Å². The number of likely N-dealkylation sites (tertiary alicyclic amines) is 1. The van der Waals surface area contributed by atoms with Gasteiger partial charge in [0.2, 0.25) is 11.8 Å². The van der Waals surface area contributed by atoms with Crippen LogP contribution >= 0.6 is 23.2 Å². The second-order valence-corrected chi connectivity index (χ2v) is 19.4. The number of pyridine rings is 5. The van der Waals surface area contributed by atoms with Crippen molar-refractivity contribution in [3.63, 3.8) is 0 Å². The number of amides is 2. The number of nitrogen functional groups attached to an aromatic ring is 2. The summed E-state index contributed by atoms with van der Waals surface area (Å²) in [7, 11) is 0. The molecule has 2 unspecified atom stereocenters. The lowest BCUT2D eigenvalue weighted by atomic mass is 10.0. The van der Waals surface area contributed by atoms with Crippen LogP contribution in [0.15, 0.2) is 85.7 Å². The van der Waals surface area contributed by atoms with Gasteiger partial charge in [-0.1, -0.05) is 29.3 Å². The summed E-state index contributed by atoms with van der Waals surface area (Å²) in [4.78, 5) is 51.3. The molecule has 6 atom stereocenters. The van der Waals surface area contributed by atoms with Gasteiger partial charge in [-0.3, -0.25) is 29.5 Å². The Kier molecular flexibility index (Phi) is 12.3. The zero-order valence-corrected chi connectivity index (χ0v) is 39.3. The van der Waals surface area contributed by atoms with Crippen molar-refractivity contribution in [3.05, 3.63) is 107 Å². The van der Waals surface area contributed by atoms with E-state index in [-0.39, 0.29) is 35.7 Å². The first kappa shape index (κ1) is 45.1. The lowest BCUT2D eigenvalue weighted by Crippen LogP contribution is -2.56. The van der Waals surface area contributed by atoms with Crippen molar-refractivity contribution in [2.45, 2.75) is 50.8 Å². The molecule has 4 fully saturated rings. The summed E-state index contributed by atoms with van der Waals surface area (Å²) in [6.07, 6.45) is 13.7. The monoisotopic (exact) mass is 967 g/mol. The molecule has 3 aliphatic carbocycles. The number of benzene rings is 1. The lowest BCUT2D eigenvalue weighted by Gasteiger charge is -2.43. The third kappa shape index (κ3) is 9.42. The third-order valence-electron chi connectivity index (χ3n) is 14.2. The maximum atomic E-state index is 13.3. The smallest absolute Gasteiger partial charge is 0.229 e. The minimum absolute atomic E-state index is 0.0306. The van der Waals surface area contributed by atoms with Gasteiger partial charge in [0, 0.05) is 90.4 Å². The Morgan fingerprint density at radius 1 is 0.826 bits per heavy atom. The second-order valence-electron chi connectivity index (χ2n) is 18.6. The molecule has 3 saturated carbocycles. The van der Waals surface area contributed by atoms with Gasteiger partial charge in [-0.15, -0.1) is 0 Å². The van der Waals surface area contributed by atoms with Crippen molar-refractivity contribution in [2.24, 2.45) is 23.7 Å². The average molecular weight is 969 g/mol. The number of halogens is 2. The van der Waals surface area contributed by atoms with Crippen LogP contribution in [0, 0.1) is 30.6 Å². The van der Waals surface area contributed by atoms with Crippen LogP contribution in [-0.4, -0.2) is 103 Å². The number of anilines is 4. The van der Waals surface area contributed by atoms with Gasteiger partial charge in [0.1, 0.15) is 23.3 Å². The SMILES string of the molecule is Cc1ccncc1-c1cc2cc(NC(=O)C3[C@H]4CC(N5CC(OCNCCOCCn6cc([C@H]7C[C@@H]7C(=O)Nc7cc8cc(-c9c(Cl)cccc9Cl)nc(N)c8cn7)cn6)C5)C[C@@H]34)ncc2c(N)n1. The Bertz CT molecular complexity index is 3080. The Morgan fingerprint density at radius 3 is 2.22 bits per heavy atom. The Balaban J connectivity index is 0.551. The number of carbonyl (C=O) groups is 2. The first-order valence-electron chi connectivity index (χ1n) is 23.3. The molecule has 7 heterocycles. The molecule has 354 valence electrons. The zero-order chi connectivity index (χ0) is 47.3. The van der Waals surface area contributed by atoms with Crippen LogP contribution in [0.3, 0.4) is 0 Å². The molecule has 1 aromatic carbocycles. The molecule has 2 amide bonds. The van der Waals surface area contributed by atoms with Gasteiger partial charge in [0.25, 0.3) is 0 Å². The normalized spacial score (nSPS) is 21.8. The topological polar surface area (TPSA) is 226 Å². The van der Waals surface area contributed by atoms with Crippen molar-refractivity contribution in [2.75, 3.05) is 61.7 Å². The van der Waals surface area contributed by atoms with Crippen molar-refractivity contribution in [1.29, 1.82) is 0 Å². The van der Waals surface area contributed by atoms with E-state index in [1.54, 1.807) is 49.1 Å². The summed E-state index contributed by atoms with van der Waals surface area (Å²) in [5.41, 5.74) is 17.4. The van der Waals surface area contributed by atoms with Crippen molar-refractivity contribution < 1.29 is 19.1 Å². The van der Waals surface area contributed by atoms with Crippen LogP contribution < -0.4 is 27.4 Å². The highest BCUT2D eigenvalue weighted by Gasteiger charge is 2.61. The molecule has 7 N–H and O–H groups in total. The number of carbonyl (C=O) groups excluding carboxylic acids is 2. The molecule has 19 heteroatoms. The lowest BCUT2D eigenvalue weighted by molar-refractivity contribution is -0.119. The molecule has 4 aliphatic rings. The second kappa shape index (κ2) is 18.9. The molecule has 69 heavy (non-hydrogen) atoms. The van der Waals surface area contributed by atoms with Gasteiger partial charge in [0.05, 0.1) is 60.2 Å². The molecule has 1 saturated heterocycles. The number of nitrogens with one attached hydrogen (secondary N) is 3. The summed E-state index contributed by atoms with van der Waals surface area (Å²) in [5, 5.41) is 17.8. The minimum atomic E-state index is -0.172. The van der Waals surface area contributed by atoms with E-state index in [9.17, 15) is 9.59 Å². The van der Waals surface area contributed by atoms with E-state index in [1.807, 2.05) is 48.3 Å². The van der Waals surface area contributed by atoms with E-state index < -0.39 is 0 Å². The predicted molar refractivity (Wildman–Crippen MR) is 265 cm³/mol. The highest BCUT2D eigenvalue weighted by atomic mass is 35.5. The summed E-state index contributed by atoms with van der Waals surface area (Å²) < 4.78 is 13.8. The molecule has 6 aromatic heterocycles. The quantitative estimate of drug-likeness (QED) is 0.0460. The fourth-order valence-corrected chi connectivity index (χ4v) is 10.8. The van der Waals surface area contributed by atoms with Crippen molar-refractivity contribution in [3.8, 4) is 22.5 Å². The fraction of sp³-hybridized carbons (Fsp3) is 0.360. The molecule has 11 rings (SSSR count). The van der Waals surface area contributed by atoms with Crippen LogP contribution in [0.2, 0.25) is 10.0 Å². The Morgan fingerprint density at radius 2 is 1.51 bits per heavy atom. The maximum Gasteiger partial charge on any atom is 0.229 e. The minimum Gasteiger partial charge on any atom is -0.383 e. The zero-order valence-electron chi connectivity index (χ0n) is 37.8. The Labute approximate surface area is 407 Å². The Hall–Kier alpha value is -6.34. The number of nitrogens with zero attached hydrogens (tertiary/aromatic N) is 8. The summed E-state index contributed by atoms with van der Waals surface area (Å²) in [6, 6.07) is 15.2. The first-order chi connectivity index (χ1) is 33.5. The summed E-state index contributed by atoms with van der Waals surface area (Å²) in [6.45, 7) is 6.66. The predicted octanol–water partition coefficient (Wildman–Crippen LogP) is 6.95. The highest BCUT2D eigenvalue weighted by molar-refractivity contribution is 6.39. The van der Waals surface area contributed by atoms with Gasteiger partial charge in [0.15, 0.2) is 0 Å². The van der Waals surface area contributed by atoms with Crippen LogP contribution in [0.4, 0.5) is 23.3 Å². The van der Waals surface area contributed by atoms with E-state index in [4.69, 9.17) is 44.1 Å². The number of fused-ring (bicyclic) bond motifs is 3.